The lowest BCUT2D eigenvalue weighted by atomic mass is 9.83. The number of fused-ring (bicyclic) bond motifs is 2. The standard InChI is InChI=1S/C24H20N2O5S3/c1-3-31-23(29)13-4-8-14(9-5-13)26-21(27)17-16(12-6-10-15(30-2)11-7-12)18-20(25-24(32)34-18)33-19(17)22(26)28/h4-11,16-17,19H,3H2,1-2H3,(H,25,32)/t16-,17+,19+/m1/s1. The molecule has 3 atom stereocenters. The fourth-order valence-corrected chi connectivity index (χ4v) is 7.36. The molecule has 0 saturated carbocycles. The van der Waals surface area contributed by atoms with Crippen LogP contribution in [0.15, 0.2) is 53.6 Å². The number of rotatable bonds is 5. The van der Waals surface area contributed by atoms with Crippen molar-refractivity contribution in [1.29, 1.82) is 0 Å². The highest BCUT2D eigenvalue weighted by Crippen LogP contribution is 2.54. The minimum atomic E-state index is -0.586. The normalized spacial score (nSPS) is 21.2. The van der Waals surface area contributed by atoms with Gasteiger partial charge < -0.3 is 14.5 Å². The minimum absolute atomic E-state index is 0.267. The lowest BCUT2D eigenvalue weighted by molar-refractivity contribution is -0.122. The average molecular weight is 513 g/mol. The van der Waals surface area contributed by atoms with Crippen molar-refractivity contribution in [3.8, 4) is 5.75 Å². The highest BCUT2D eigenvalue weighted by Gasteiger charge is 2.56. The molecule has 2 aliphatic heterocycles. The summed E-state index contributed by atoms with van der Waals surface area (Å²) in [6.45, 7) is 2.00. The van der Waals surface area contributed by atoms with Crippen LogP contribution in [0.5, 0.6) is 5.75 Å². The number of carbonyl (C=O) groups excluding carboxylic acids is 3. The number of nitrogens with one attached hydrogen (secondary N) is 1. The van der Waals surface area contributed by atoms with Crippen LogP contribution in [0.2, 0.25) is 0 Å². The van der Waals surface area contributed by atoms with E-state index >= 15 is 0 Å². The SMILES string of the molecule is CCOC(=O)c1ccc(N2C(=O)[C@H]3[C@@H](c4ccc(OC)cc4)c4sc(=S)[nH]c4S[C@@H]3C2=O)cc1. The van der Waals surface area contributed by atoms with Crippen molar-refractivity contribution in [2.24, 2.45) is 5.92 Å². The number of hydrogen-bond acceptors (Lipinski definition) is 8. The molecule has 1 saturated heterocycles. The summed E-state index contributed by atoms with van der Waals surface area (Å²) in [5, 5.41) is 0.245. The van der Waals surface area contributed by atoms with Crippen molar-refractivity contribution in [1.82, 2.24) is 4.98 Å². The molecule has 1 aromatic heterocycles. The zero-order chi connectivity index (χ0) is 24.0. The van der Waals surface area contributed by atoms with Crippen LogP contribution < -0.4 is 9.64 Å². The molecule has 0 radical (unpaired) electrons. The summed E-state index contributed by atoms with van der Waals surface area (Å²) in [6, 6.07) is 13.9. The zero-order valence-electron chi connectivity index (χ0n) is 18.3. The first kappa shape index (κ1) is 22.8. The first-order valence-corrected chi connectivity index (χ1v) is 12.7. The molecule has 2 aromatic carbocycles. The second-order valence-corrected chi connectivity index (χ2v) is 10.7. The molecule has 5 rings (SSSR count). The predicted octanol–water partition coefficient (Wildman–Crippen LogP) is 4.79. The smallest absolute Gasteiger partial charge is 0.338 e. The number of H-pyrrole nitrogens is 1. The number of esters is 1. The summed E-state index contributed by atoms with van der Waals surface area (Å²) < 4.78 is 10.9. The largest absolute Gasteiger partial charge is 0.497 e. The molecule has 7 nitrogen and oxygen atoms in total. The summed E-state index contributed by atoms with van der Waals surface area (Å²) in [5.74, 6) is -1.17. The molecule has 0 spiro atoms. The van der Waals surface area contributed by atoms with Crippen LogP contribution in [0.3, 0.4) is 0 Å². The lowest BCUT2D eigenvalue weighted by Gasteiger charge is -2.30. The summed E-state index contributed by atoms with van der Waals surface area (Å²) >= 11 is 8.17. The molecule has 1 N–H and O–H groups in total. The second kappa shape index (κ2) is 9.01. The van der Waals surface area contributed by atoms with Gasteiger partial charge in [-0.05, 0) is 61.1 Å². The Bertz CT molecular complexity index is 1330. The van der Waals surface area contributed by atoms with Crippen LogP contribution >= 0.6 is 35.3 Å². The van der Waals surface area contributed by atoms with Gasteiger partial charge in [-0.15, -0.1) is 11.3 Å². The van der Waals surface area contributed by atoms with Crippen LogP contribution in [0.25, 0.3) is 0 Å². The number of nitrogens with zero attached hydrogens (tertiary/aromatic N) is 1. The molecular formula is C24H20N2O5S3. The van der Waals surface area contributed by atoms with E-state index in [9.17, 15) is 14.4 Å². The van der Waals surface area contributed by atoms with E-state index in [0.29, 0.717) is 21.0 Å². The monoisotopic (exact) mass is 512 g/mol. The average Bonchev–Trinajstić information content (AvgIpc) is 3.34. The van der Waals surface area contributed by atoms with E-state index in [4.69, 9.17) is 21.7 Å². The van der Waals surface area contributed by atoms with Gasteiger partial charge in [0.05, 0.1) is 35.9 Å². The van der Waals surface area contributed by atoms with Gasteiger partial charge in [-0.2, -0.15) is 0 Å². The van der Waals surface area contributed by atoms with Crippen molar-refractivity contribution < 1.29 is 23.9 Å². The Morgan fingerprint density at radius 2 is 1.79 bits per heavy atom. The molecule has 1 fully saturated rings. The molecule has 0 bridgehead atoms. The number of imide groups is 1. The van der Waals surface area contributed by atoms with Gasteiger partial charge in [0, 0.05) is 10.8 Å². The highest BCUT2D eigenvalue weighted by molar-refractivity contribution is 8.01. The molecule has 2 amide bonds. The minimum Gasteiger partial charge on any atom is -0.497 e. The van der Waals surface area contributed by atoms with Gasteiger partial charge in [-0.1, -0.05) is 23.9 Å². The molecule has 10 heteroatoms. The molecule has 34 heavy (non-hydrogen) atoms. The topological polar surface area (TPSA) is 88.7 Å². The van der Waals surface area contributed by atoms with Crippen LogP contribution in [0.4, 0.5) is 5.69 Å². The number of methoxy groups -OCH3 is 1. The lowest BCUT2D eigenvalue weighted by Crippen LogP contribution is -2.32. The number of anilines is 1. The maximum Gasteiger partial charge on any atom is 0.338 e. The summed E-state index contributed by atoms with van der Waals surface area (Å²) in [4.78, 5) is 44.6. The first-order valence-electron chi connectivity index (χ1n) is 10.6. The van der Waals surface area contributed by atoms with Crippen molar-refractivity contribution in [2.45, 2.75) is 23.1 Å². The van der Waals surface area contributed by atoms with E-state index in [1.807, 2.05) is 24.3 Å². The quantitative estimate of drug-likeness (QED) is 0.299. The third-order valence-corrected chi connectivity index (χ3v) is 8.69. The Labute approximate surface area is 209 Å². The number of amides is 2. The van der Waals surface area contributed by atoms with Gasteiger partial charge in [-0.25, -0.2) is 9.69 Å². The Morgan fingerprint density at radius 3 is 2.44 bits per heavy atom. The number of carbonyl (C=O) groups is 3. The third kappa shape index (κ3) is 3.75. The van der Waals surface area contributed by atoms with Gasteiger partial charge in [0.25, 0.3) is 0 Å². The number of thiazole rings is 1. The summed E-state index contributed by atoms with van der Waals surface area (Å²) in [5.41, 5.74) is 1.72. The Morgan fingerprint density at radius 1 is 1.09 bits per heavy atom. The maximum atomic E-state index is 13.7. The van der Waals surface area contributed by atoms with E-state index in [1.165, 1.54) is 28.0 Å². The second-order valence-electron chi connectivity index (χ2n) is 7.80. The number of aromatic nitrogens is 1. The number of hydrogen-bond donors (Lipinski definition) is 1. The number of benzene rings is 2. The fraction of sp³-hybridized carbons (Fsp3) is 0.250. The van der Waals surface area contributed by atoms with Gasteiger partial charge in [0.2, 0.25) is 11.8 Å². The van der Waals surface area contributed by atoms with E-state index in [0.717, 1.165) is 15.5 Å². The Balaban J connectivity index is 1.54. The first-order chi connectivity index (χ1) is 16.4. The molecule has 3 heterocycles. The van der Waals surface area contributed by atoms with Crippen molar-refractivity contribution in [3.05, 3.63) is 68.5 Å². The number of ether oxygens (including phenoxy) is 2. The Kier molecular flexibility index (Phi) is 6.05. The van der Waals surface area contributed by atoms with E-state index < -0.39 is 17.1 Å². The zero-order valence-corrected chi connectivity index (χ0v) is 20.7. The molecule has 3 aromatic rings. The number of thioether (sulfide) groups is 1. The Hall–Kier alpha value is -2.95. The van der Waals surface area contributed by atoms with Crippen LogP contribution in [0, 0.1) is 9.87 Å². The van der Waals surface area contributed by atoms with E-state index in [2.05, 4.69) is 4.98 Å². The van der Waals surface area contributed by atoms with Crippen LogP contribution in [0.1, 0.15) is 33.6 Å². The fourth-order valence-electron chi connectivity index (χ4n) is 4.40. The predicted molar refractivity (Wildman–Crippen MR) is 132 cm³/mol. The van der Waals surface area contributed by atoms with Gasteiger partial charge in [0.1, 0.15) is 11.0 Å². The van der Waals surface area contributed by atoms with Crippen molar-refractivity contribution in [2.75, 3.05) is 18.6 Å². The molecule has 0 aliphatic carbocycles. The van der Waals surface area contributed by atoms with Crippen LogP contribution in [-0.2, 0) is 14.3 Å². The van der Waals surface area contributed by atoms with Crippen molar-refractivity contribution in [3.63, 3.8) is 0 Å². The maximum absolute atomic E-state index is 13.7. The van der Waals surface area contributed by atoms with Gasteiger partial charge >= 0.3 is 5.97 Å². The van der Waals surface area contributed by atoms with Crippen LogP contribution in [-0.4, -0.2) is 41.7 Å². The van der Waals surface area contributed by atoms with E-state index in [1.54, 1.807) is 38.3 Å². The summed E-state index contributed by atoms with van der Waals surface area (Å²) in [7, 11) is 1.60. The molecule has 174 valence electrons. The van der Waals surface area contributed by atoms with Gasteiger partial charge in [0.15, 0.2) is 3.95 Å². The van der Waals surface area contributed by atoms with Crippen molar-refractivity contribution >= 4 is 58.8 Å². The third-order valence-electron chi connectivity index (χ3n) is 5.94. The summed E-state index contributed by atoms with van der Waals surface area (Å²) in [6.07, 6.45) is 0. The van der Waals surface area contributed by atoms with E-state index in [-0.39, 0.29) is 24.3 Å². The molecule has 2 aliphatic rings. The molecular weight excluding hydrogens is 492 g/mol. The highest BCUT2D eigenvalue weighted by atomic mass is 32.2. The van der Waals surface area contributed by atoms with Gasteiger partial charge in [-0.3, -0.25) is 9.59 Å². The molecule has 0 unspecified atom stereocenters. The number of aromatic amines is 1.